The Balaban J connectivity index is 2.06. The van der Waals surface area contributed by atoms with Gasteiger partial charge in [0.2, 0.25) is 10.0 Å². The Morgan fingerprint density at radius 1 is 1.11 bits per heavy atom. The summed E-state index contributed by atoms with van der Waals surface area (Å²) < 4.78 is 48.4. The second kappa shape index (κ2) is 5.67. The van der Waals surface area contributed by atoms with E-state index in [9.17, 15) is 16.8 Å². The molecule has 0 radical (unpaired) electrons. The fraction of sp³-hybridized carbons (Fsp3) is 1.00. The highest BCUT2D eigenvalue weighted by Gasteiger charge is 2.39. The third-order valence-electron chi connectivity index (χ3n) is 3.49. The summed E-state index contributed by atoms with van der Waals surface area (Å²) in [5.74, 6) is 0. The molecule has 0 amide bonds. The van der Waals surface area contributed by atoms with E-state index in [1.54, 1.807) is 0 Å². The molecule has 1 heterocycles. The maximum Gasteiger partial charge on any atom is 0.228 e. The summed E-state index contributed by atoms with van der Waals surface area (Å²) in [5, 5.41) is 2.54. The Bertz CT molecular complexity index is 505. The molecule has 2 rings (SSSR count). The van der Waals surface area contributed by atoms with Gasteiger partial charge in [0, 0.05) is 24.9 Å². The smallest absolute Gasteiger partial charge is 0.228 e. The standard InChI is InChI=1S/C11H22N2O4S2/c1-18(14,15)9-19(16,17)13(11-5-6-11)8-10-4-2-3-7-12-10/h10-12H,2-9H2,1H3. The van der Waals surface area contributed by atoms with E-state index in [4.69, 9.17) is 0 Å². The first-order chi connectivity index (χ1) is 8.78. The fourth-order valence-electron chi connectivity index (χ4n) is 2.49. The number of sulfone groups is 1. The van der Waals surface area contributed by atoms with Gasteiger partial charge >= 0.3 is 0 Å². The van der Waals surface area contributed by atoms with Crippen molar-refractivity contribution in [2.45, 2.75) is 44.2 Å². The highest BCUT2D eigenvalue weighted by Crippen LogP contribution is 2.30. The molecule has 112 valence electrons. The summed E-state index contributed by atoms with van der Waals surface area (Å²) in [7, 11) is -7.23. The lowest BCUT2D eigenvalue weighted by Crippen LogP contribution is -2.47. The van der Waals surface area contributed by atoms with Gasteiger partial charge in [-0.05, 0) is 32.2 Å². The number of hydrogen-bond acceptors (Lipinski definition) is 5. The van der Waals surface area contributed by atoms with Gasteiger partial charge in [-0.3, -0.25) is 0 Å². The van der Waals surface area contributed by atoms with Gasteiger partial charge in [0.1, 0.15) is 0 Å². The van der Waals surface area contributed by atoms with E-state index in [0.29, 0.717) is 6.54 Å². The first-order valence-corrected chi connectivity index (χ1v) is 10.4. The summed E-state index contributed by atoms with van der Waals surface area (Å²) in [6.07, 6.45) is 5.83. The summed E-state index contributed by atoms with van der Waals surface area (Å²) in [6, 6.07) is 0.166. The lowest BCUT2D eigenvalue weighted by Gasteiger charge is -2.29. The first kappa shape index (κ1) is 15.2. The van der Waals surface area contributed by atoms with Crippen LogP contribution in [-0.2, 0) is 19.9 Å². The van der Waals surface area contributed by atoms with E-state index < -0.39 is 24.9 Å². The number of nitrogens with one attached hydrogen (secondary N) is 1. The van der Waals surface area contributed by atoms with Crippen LogP contribution in [0.15, 0.2) is 0 Å². The van der Waals surface area contributed by atoms with E-state index in [-0.39, 0.29) is 12.1 Å². The third-order valence-corrected chi connectivity index (χ3v) is 7.55. The highest BCUT2D eigenvalue weighted by atomic mass is 32.3. The van der Waals surface area contributed by atoms with E-state index in [2.05, 4.69) is 5.32 Å². The van der Waals surface area contributed by atoms with Gasteiger partial charge in [-0.25, -0.2) is 16.8 Å². The summed E-state index contributed by atoms with van der Waals surface area (Å²) in [4.78, 5) is 0. The minimum Gasteiger partial charge on any atom is -0.313 e. The monoisotopic (exact) mass is 310 g/mol. The lowest BCUT2D eigenvalue weighted by molar-refractivity contribution is 0.308. The van der Waals surface area contributed by atoms with Crippen LogP contribution in [0.3, 0.4) is 0 Å². The number of sulfonamides is 1. The molecule has 0 bridgehead atoms. The van der Waals surface area contributed by atoms with Crippen LogP contribution < -0.4 is 5.32 Å². The van der Waals surface area contributed by atoms with Crippen molar-refractivity contribution in [1.29, 1.82) is 0 Å². The first-order valence-electron chi connectivity index (χ1n) is 6.68. The molecule has 6 nitrogen and oxygen atoms in total. The van der Waals surface area contributed by atoms with Gasteiger partial charge in [-0.1, -0.05) is 6.42 Å². The minimum atomic E-state index is -3.71. The van der Waals surface area contributed by atoms with Gasteiger partial charge in [-0.2, -0.15) is 4.31 Å². The number of nitrogens with zero attached hydrogens (tertiary/aromatic N) is 1. The van der Waals surface area contributed by atoms with Gasteiger partial charge in [0.15, 0.2) is 14.9 Å². The largest absolute Gasteiger partial charge is 0.313 e. The van der Waals surface area contributed by atoms with Gasteiger partial charge in [-0.15, -0.1) is 0 Å². The van der Waals surface area contributed by atoms with Gasteiger partial charge in [0.25, 0.3) is 0 Å². The van der Waals surface area contributed by atoms with E-state index >= 15 is 0 Å². The Morgan fingerprint density at radius 3 is 2.26 bits per heavy atom. The maximum atomic E-state index is 12.2. The second-order valence-electron chi connectivity index (χ2n) is 5.60. The molecule has 1 aliphatic carbocycles. The molecule has 1 saturated carbocycles. The molecule has 2 fully saturated rings. The van der Waals surface area contributed by atoms with Crippen molar-refractivity contribution in [1.82, 2.24) is 9.62 Å². The van der Waals surface area contributed by atoms with Crippen molar-refractivity contribution in [3.05, 3.63) is 0 Å². The van der Waals surface area contributed by atoms with Crippen LogP contribution >= 0.6 is 0 Å². The molecule has 1 saturated heterocycles. The Labute approximate surface area is 115 Å². The zero-order valence-electron chi connectivity index (χ0n) is 11.2. The summed E-state index contributed by atoms with van der Waals surface area (Å²) in [6.45, 7) is 1.32. The number of rotatable bonds is 6. The second-order valence-corrected chi connectivity index (χ2v) is 10.0. The number of piperidine rings is 1. The van der Waals surface area contributed by atoms with Crippen LogP contribution in [0, 0.1) is 0 Å². The van der Waals surface area contributed by atoms with Crippen molar-refractivity contribution in [2.24, 2.45) is 0 Å². The SMILES string of the molecule is CS(=O)(=O)CS(=O)(=O)N(CC1CCCCN1)C1CC1. The van der Waals surface area contributed by atoms with Crippen LogP contribution in [-0.4, -0.2) is 57.7 Å². The normalized spacial score (nSPS) is 25.7. The van der Waals surface area contributed by atoms with Gasteiger partial charge < -0.3 is 5.32 Å². The van der Waals surface area contributed by atoms with E-state index in [1.165, 1.54) is 4.31 Å². The highest BCUT2D eigenvalue weighted by molar-refractivity contribution is 8.06. The topological polar surface area (TPSA) is 83.5 Å². The van der Waals surface area contributed by atoms with Crippen LogP contribution in [0.4, 0.5) is 0 Å². The van der Waals surface area contributed by atoms with E-state index in [0.717, 1.165) is 44.9 Å². The zero-order valence-corrected chi connectivity index (χ0v) is 12.8. The van der Waals surface area contributed by atoms with Crippen LogP contribution in [0.1, 0.15) is 32.1 Å². The molecule has 2 aliphatic rings. The molecular weight excluding hydrogens is 288 g/mol. The Morgan fingerprint density at radius 2 is 1.79 bits per heavy atom. The lowest BCUT2D eigenvalue weighted by atomic mass is 10.1. The molecular formula is C11H22N2O4S2. The number of hydrogen-bond donors (Lipinski definition) is 1. The van der Waals surface area contributed by atoms with Crippen molar-refractivity contribution in [2.75, 3.05) is 24.4 Å². The van der Waals surface area contributed by atoms with Crippen LogP contribution in [0.2, 0.25) is 0 Å². The van der Waals surface area contributed by atoms with Gasteiger partial charge in [0.05, 0.1) is 0 Å². The molecule has 0 aromatic rings. The Hall–Kier alpha value is -0.180. The molecule has 1 aliphatic heterocycles. The predicted molar refractivity (Wildman–Crippen MR) is 74.0 cm³/mol. The molecule has 19 heavy (non-hydrogen) atoms. The van der Waals surface area contributed by atoms with Crippen molar-refractivity contribution >= 4 is 19.9 Å². The van der Waals surface area contributed by atoms with E-state index in [1.807, 2.05) is 0 Å². The third kappa shape index (κ3) is 4.70. The minimum absolute atomic E-state index is 0.00970. The zero-order chi connectivity index (χ0) is 14.1. The summed E-state index contributed by atoms with van der Waals surface area (Å²) in [5.41, 5.74) is 0. The average molecular weight is 310 g/mol. The fourth-order valence-corrected chi connectivity index (χ4v) is 6.27. The van der Waals surface area contributed by atoms with Crippen LogP contribution in [0.25, 0.3) is 0 Å². The van der Waals surface area contributed by atoms with Crippen molar-refractivity contribution in [3.8, 4) is 0 Å². The molecule has 8 heteroatoms. The molecule has 0 aromatic carbocycles. The molecule has 1 unspecified atom stereocenters. The maximum absolute atomic E-state index is 12.2. The van der Waals surface area contributed by atoms with Crippen molar-refractivity contribution < 1.29 is 16.8 Å². The van der Waals surface area contributed by atoms with Crippen molar-refractivity contribution in [3.63, 3.8) is 0 Å². The summed E-state index contributed by atoms with van der Waals surface area (Å²) >= 11 is 0. The Kier molecular flexibility index (Phi) is 4.54. The molecule has 0 aromatic heterocycles. The predicted octanol–water partition coefficient (Wildman–Crippen LogP) is -0.0752. The average Bonchev–Trinajstić information content (AvgIpc) is 3.07. The van der Waals surface area contributed by atoms with Crippen LogP contribution in [0.5, 0.6) is 0 Å². The quantitative estimate of drug-likeness (QED) is 0.742. The molecule has 1 atom stereocenters. The molecule has 0 spiro atoms. The molecule has 1 N–H and O–H groups in total.